The molecule has 322 valence electrons. The van der Waals surface area contributed by atoms with Crippen molar-refractivity contribution in [3.8, 4) is 0 Å². The molecular weight excluding hydrogens is 742 g/mol. The molecule has 0 unspecified atom stereocenters. The number of rotatable bonds is 29. The highest BCUT2D eigenvalue weighted by molar-refractivity contribution is 5.99. The van der Waals surface area contributed by atoms with Gasteiger partial charge in [-0.2, -0.15) is 0 Å². The number of unbranched alkanes of at least 4 members (excludes halogenated alkanes) is 1. The van der Waals surface area contributed by atoms with Crippen molar-refractivity contribution in [1.29, 1.82) is 0 Å². The Balaban J connectivity index is 2.66. The first-order valence-electron chi connectivity index (χ1n) is 19.5. The molecule has 3 atom stereocenters. The second kappa shape index (κ2) is 29.3. The molecule has 11 N–H and O–H groups in total. The van der Waals surface area contributed by atoms with E-state index < -0.39 is 53.9 Å². The molecule has 57 heavy (non-hydrogen) atoms. The summed E-state index contributed by atoms with van der Waals surface area (Å²) in [6, 6.07) is 2.87. The number of nitrogens with one attached hydrogen (secondary N) is 7. The molecule has 0 bridgehead atoms. The minimum absolute atomic E-state index is 0.00507. The minimum atomic E-state index is -1.06. The van der Waals surface area contributed by atoms with Crippen LogP contribution in [0.15, 0.2) is 24.3 Å². The molecule has 1 rings (SSSR count). The fourth-order valence-electron chi connectivity index (χ4n) is 5.21. The largest absolute Gasteiger partial charge is 0.445 e. The van der Waals surface area contributed by atoms with Crippen LogP contribution in [0, 0.1) is 11.8 Å². The first-order valence-corrected chi connectivity index (χ1v) is 19.5. The Hall–Kier alpha value is -5.01. The number of benzene rings is 1. The average molecular weight is 808 g/mol. The van der Waals surface area contributed by atoms with Gasteiger partial charge in [-0.15, -0.1) is 0 Å². The number of carbonyl (C=O) groups is 7. The predicted octanol–water partition coefficient (Wildman–Crippen LogP) is 0.755. The molecule has 19 nitrogen and oxygen atoms in total. The number of nitrogens with two attached hydrogens (primary N) is 2. The van der Waals surface area contributed by atoms with Gasteiger partial charge in [0.2, 0.25) is 29.5 Å². The van der Waals surface area contributed by atoms with Crippen LogP contribution in [0.5, 0.6) is 0 Å². The van der Waals surface area contributed by atoms with E-state index in [1.54, 1.807) is 38.1 Å². The van der Waals surface area contributed by atoms with Crippen molar-refractivity contribution in [2.75, 3.05) is 57.9 Å². The summed E-state index contributed by atoms with van der Waals surface area (Å²) in [5.74, 6) is -2.16. The highest BCUT2D eigenvalue weighted by Gasteiger charge is 2.31. The van der Waals surface area contributed by atoms with Gasteiger partial charge in [-0.05, 0) is 68.2 Å². The zero-order chi connectivity index (χ0) is 42.6. The van der Waals surface area contributed by atoms with E-state index >= 15 is 0 Å². The number of carbonyl (C=O) groups excluding carboxylic acids is 7. The molecule has 0 aliphatic heterocycles. The van der Waals surface area contributed by atoms with Gasteiger partial charge >= 0.3 is 12.1 Å². The predicted molar refractivity (Wildman–Crippen MR) is 213 cm³/mol. The third-order valence-corrected chi connectivity index (χ3v) is 8.13. The van der Waals surface area contributed by atoms with Gasteiger partial charge in [-0.25, -0.2) is 9.59 Å². The maximum atomic E-state index is 13.5. The summed E-state index contributed by atoms with van der Waals surface area (Å²) in [5.41, 5.74) is 11.8. The number of hydrogen-bond acceptors (Lipinski definition) is 11. The van der Waals surface area contributed by atoms with Gasteiger partial charge in [0.1, 0.15) is 24.7 Å². The Morgan fingerprint density at radius 1 is 0.684 bits per heavy atom. The van der Waals surface area contributed by atoms with E-state index in [0.29, 0.717) is 82.2 Å². The molecule has 1 aromatic rings. The summed E-state index contributed by atoms with van der Waals surface area (Å²) in [4.78, 5) is 86.8. The zero-order valence-electron chi connectivity index (χ0n) is 34.0. The summed E-state index contributed by atoms with van der Waals surface area (Å²) in [5, 5.41) is 18.7. The van der Waals surface area contributed by atoms with Crippen LogP contribution in [0.25, 0.3) is 0 Å². The second-order valence-corrected chi connectivity index (χ2v) is 14.1. The van der Waals surface area contributed by atoms with E-state index in [1.807, 2.05) is 13.8 Å². The highest BCUT2D eigenvalue weighted by Crippen LogP contribution is 2.13. The summed E-state index contributed by atoms with van der Waals surface area (Å²) < 4.78 is 16.1. The molecule has 0 saturated carbocycles. The molecule has 8 amide bonds. The lowest BCUT2D eigenvalue weighted by Gasteiger charge is -2.27. The molecule has 0 aromatic heterocycles. The van der Waals surface area contributed by atoms with Gasteiger partial charge in [0, 0.05) is 38.7 Å². The van der Waals surface area contributed by atoms with E-state index in [-0.39, 0.29) is 44.5 Å². The molecule has 0 saturated heterocycles. The monoisotopic (exact) mass is 807 g/mol. The van der Waals surface area contributed by atoms with Crippen LogP contribution < -0.4 is 48.7 Å². The molecule has 0 radical (unpaired) electrons. The van der Waals surface area contributed by atoms with Gasteiger partial charge in [0.15, 0.2) is 0 Å². The lowest BCUT2D eigenvalue weighted by Crippen LogP contribution is -2.57. The van der Waals surface area contributed by atoms with Crippen molar-refractivity contribution >= 4 is 47.3 Å². The number of ether oxygens (including phenoxy) is 3. The molecule has 19 heteroatoms. The molecule has 0 fully saturated rings. The second-order valence-electron chi connectivity index (χ2n) is 14.1. The van der Waals surface area contributed by atoms with Crippen molar-refractivity contribution < 1.29 is 47.8 Å². The Bertz CT molecular complexity index is 1400. The van der Waals surface area contributed by atoms with E-state index in [4.69, 9.17) is 25.7 Å². The topological polar surface area (TPSA) is 283 Å². The quantitative estimate of drug-likeness (QED) is 0.0510. The number of amides is 8. The summed E-state index contributed by atoms with van der Waals surface area (Å²) in [6.45, 7) is 11.2. The fraction of sp³-hybridized carbons (Fsp3) is 0.658. The molecule has 0 spiro atoms. The van der Waals surface area contributed by atoms with E-state index in [2.05, 4.69) is 37.2 Å². The van der Waals surface area contributed by atoms with Gasteiger partial charge in [0.25, 0.3) is 0 Å². The van der Waals surface area contributed by atoms with Crippen LogP contribution in [0.4, 0.5) is 15.3 Å². The lowest BCUT2D eigenvalue weighted by atomic mass is 10.0. The van der Waals surface area contributed by atoms with E-state index in [9.17, 15) is 33.6 Å². The Kier molecular flexibility index (Phi) is 25.7. The maximum Gasteiger partial charge on any atom is 0.407 e. The first-order chi connectivity index (χ1) is 27.1. The minimum Gasteiger partial charge on any atom is -0.445 e. The van der Waals surface area contributed by atoms with Crippen molar-refractivity contribution in [2.45, 2.75) is 97.9 Å². The van der Waals surface area contributed by atoms with Crippen LogP contribution in [-0.4, -0.2) is 112 Å². The maximum absolute atomic E-state index is 13.5. The third kappa shape index (κ3) is 24.3. The summed E-state index contributed by atoms with van der Waals surface area (Å²) in [7, 11) is 0. The molecule has 1 aromatic carbocycles. The smallest absolute Gasteiger partial charge is 0.407 e. The normalized spacial score (nSPS) is 12.5. The van der Waals surface area contributed by atoms with Gasteiger partial charge < -0.3 is 62.9 Å². The molecule has 0 heterocycles. The molecular formula is C38H65N9O10. The van der Waals surface area contributed by atoms with Crippen LogP contribution in [0.3, 0.4) is 0 Å². The van der Waals surface area contributed by atoms with Gasteiger partial charge in [-0.3, -0.25) is 24.0 Å². The first kappa shape index (κ1) is 50.0. The number of urea groups is 1. The fourth-order valence-corrected chi connectivity index (χ4v) is 5.21. The summed E-state index contributed by atoms with van der Waals surface area (Å²) in [6.07, 6.45) is 1.85. The SMILES string of the molecule is CC(=O)N[C@@H](CCCCN)C(=O)N[C@H](C(=O)N[C@@H](CCCNC(N)=O)C(=O)Nc1ccc(COC(=O)NCCOCCOCCNC(=O)CC(C)C)cc1)C(C)C. The van der Waals surface area contributed by atoms with Crippen LogP contribution >= 0.6 is 0 Å². The lowest BCUT2D eigenvalue weighted by molar-refractivity contribution is -0.133. The Morgan fingerprint density at radius 3 is 1.88 bits per heavy atom. The molecule has 0 aliphatic carbocycles. The van der Waals surface area contributed by atoms with Crippen LogP contribution in [0.2, 0.25) is 0 Å². The third-order valence-electron chi connectivity index (χ3n) is 8.13. The van der Waals surface area contributed by atoms with Crippen molar-refractivity contribution in [2.24, 2.45) is 23.3 Å². The zero-order valence-corrected chi connectivity index (χ0v) is 34.0. The molecule has 0 aliphatic rings. The van der Waals surface area contributed by atoms with E-state index in [0.717, 1.165) is 0 Å². The number of alkyl carbamates (subject to hydrolysis) is 1. The standard InChI is InChI=1S/C38H65N9O10/c1-25(2)23-32(49)41-17-19-55-21-22-56-20-18-43-38(54)57-24-28-11-13-29(14-12-28)45-34(50)31(10-8-16-42-37(40)53)46-36(52)33(26(3)4)47-35(51)30(44-27(5)48)9-6-7-15-39/h11-14,25-26,30-31,33H,6-10,15-24,39H2,1-5H3,(H,41,49)(H,43,54)(H,44,48)(H,45,50)(H,46,52)(H,47,51)(H3,40,42,53)/t30-,31-,33-/m0/s1. The average Bonchev–Trinajstić information content (AvgIpc) is 3.14. The van der Waals surface area contributed by atoms with E-state index in [1.165, 1.54) is 6.92 Å². The number of primary amides is 1. The Labute approximate surface area is 335 Å². The van der Waals surface area contributed by atoms with Crippen LogP contribution in [0.1, 0.15) is 78.7 Å². The highest BCUT2D eigenvalue weighted by atomic mass is 16.5. The van der Waals surface area contributed by atoms with Gasteiger partial charge in [-0.1, -0.05) is 39.8 Å². The van der Waals surface area contributed by atoms with Crippen LogP contribution in [-0.2, 0) is 44.8 Å². The number of anilines is 1. The van der Waals surface area contributed by atoms with Gasteiger partial charge in [0.05, 0.1) is 26.4 Å². The van der Waals surface area contributed by atoms with Crippen molar-refractivity contribution in [3.05, 3.63) is 29.8 Å². The summed E-state index contributed by atoms with van der Waals surface area (Å²) >= 11 is 0. The Morgan fingerprint density at radius 2 is 1.30 bits per heavy atom. The van der Waals surface area contributed by atoms with Crippen molar-refractivity contribution in [1.82, 2.24) is 31.9 Å². The number of hydrogen-bond donors (Lipinski definition) is 9. The van der Waals surface area contributed by atoms with Crippen molar-refractivity contribution in [3.63, 3.8) is 0 Å².